The molecular formula is C14H23N3OS. The normalized spacial score (nSPS) is 22.7. The molecule has 0 amide bonds. The average molecular weight is 281 g/mol. The average Bonchev–Trinajstić information content (AvgIpc) is 2.79. The van der Waals surface area contributed by atoms with Gasteiger partial charge in [-0.15, -0.1) is 11.8 Å². The molecule has 0 aromatic carbocycles. The maximum atomic E-state index is 5.58. The van der Waals surface area contributed by atoms with E-state index in [1.165, 1.54) is 0 Å². The second kappa shape index (κ2) is 7.10. The number of nitrogens with zero attached hydrogens (tertiary/aromatic N) is 2. The molecule has 0 aliphatic carbocycles. The first-order valence-electron chi connectivity index (χ1n) is 7.00. The quantitative estimate of drug-likeness (QED) is 0.868. The lowest BCUT2D eigenvalue weighted by Gasteiger charge is -2.13. The van der Waals surface area contributed by atoms with Crippen LogP contribution in [0.3, 0.4) is 0 Å². The molecule has 5 heteroatoms. The molecule has 1 aliphatic heterocycles. The molecule has 1 fully saturated rings. The van der Waals surface area contributed by atoms with Crippen molar-refractivity contribution in [1.29, 1.82) is 0 Å². The smallest absolute Gasteiger partial charge is 0.140 e. The first kappa shape index (κ1) is 14.6. The van der Waals surface area contributed by atoms with Gasteiger partial charge in [-0.25, -0.2) is 9.97 Å². The van der Waals surface area contributed by atoms with E-state index in [2.05, 4.69) is 29.1 Å². The summed E-state index contributed by atoms with van der Waals surface area (Å²) in [7, 11) is 0. The van der Waals surface area contributed by atoms with Crippen molar-refractivity contribution in [2.24, 2.45) is 0 Å². The van der Waals surface area contributed by atoms with Gasteiger partial charge in [0.1, 0.15) is 11.6 Å². The third kappa shape index (κ3) is 4.35. The van der Waals surface area contributed by atoms with Crippen molar-refractivity contribution in [3.05, 3.63) is 17.6 Å². The first-order valence-corrected chi connectivity index (χ1v) is 8.05. The van der Waals surface area contributed by atoms with Gasteiger partial charge in [-0.3, -0.25) is 0 Å². The maximum absolute atomic E-state index is 5.58. The van der Waals surface area contributed by atoms with Gasteiger partial charge in [0.2, 0.25) is 0 Å². The lowest BCUT2D eigenvalue weighted by atomic mass is 10.3. The van der Waals surface area contributed by atoms with Crippen LogP contribution in [-0.2, 0) is 10.5 Å². The van der Waals surface area contributed by atoms with Crippen LogP contribution in [0.5, 0.6) is 0 Å². The molecule has 0 bridgehead atoms. The van der Waals surface area contributed by atoms with Crippen molar-refractivity contribution in [1.82, 2.24) is 9.97 Å². The number of aromatic nitrogens is 2. The van der Waals surface area contributed by atoms with E-state index in [1.807, 2.05) is 24.8 Å². The zero-order chi connectivity index (χ0) is 13.7. The summed E-state index contributed by atoms with van der Waals surface area (Å²) in [4.78, 5) is 9.09. The van der Waals surface area contributed by atoms with Crippen LogP contribution in [-0.4, -0.2) is 34.5 Å². The summed E-state index contributed by atoms with van der Waals surface area (Å²) in [6.07, 6.45) is 2.59. The zero-order valence-corrected chi connectivity index (χ0v) is 12.8. The molecule has 2 rings (SSSR count). The molecule has 1 aromatic rings. The third-order valence-corrected chi connectivity index (χ3v) is 4.66. The predicted molar refractivity (Wildman–Crippen MR) is 80.7 cm³/mol. The molecule has 19 heavy (non-hydrogen) atoms. The molecule has 1 N–H and O–H groups in total. The maximum Gasteiger partial charge on any atom is 0.140 e. The summed E-state index contributed by atoms with van der Waals surface area (Å²) in [6.45, 7) is 8.16. The van der Waals surface area contributed by atoms with Crippen LogP contribution in [0.4, 0.5) is 5.82 Å². The van der Waals surface area contributed by atoms with E-state index in [9.17, 15) is 0 Å². The molecule has 0 radical (unpaired) electrons. The minimum absolute atomic E-state index is 0.354. The molecule has 0 saturated carbocycles. The fourth-order valence-corrected chi connectivity index (χ4v) is 3.26. The standard InChI is InChI=1S/C14H23N3OS/c1-4-6-15-13-8-10(2)16-14(17-13)9-19-12-5-7-18-11(12)3/h8,11-12H,4-7,9H2,1-3H3,(H,15,16,17). The summed E-state index contributed by atoms with van der Waals surface area (Å²) in [5.74, 6) is 2.73. The van der Waals surface area contributed by atoms with E-state index >= 15 is 0 Å². The topological polar surface area (TPSA) is 47.0 Å². The second-order valence-corrected chi connectivity index (χ2v) is 6.18. The van der Waals surface area contributed by atoms with Crippen molar-refractivity contribution >= 4 is 17.6 Å². The van der Waals surface area contributed by atoms with Gasteiger partial charge in [-0.2, -0.15) is 0 Å². The molecular weight excluding hydrogens is 258 g/mol. The van der Waals surface area contributed by atoms with Gasteiger partial charge in [0.25, 0.3) is 0 Å². The van der Waals surface area contributed by atoms with Gasteiger partial charge in [0.05, 0.1) is 11.9 Å². The minimum atomic E-state index is 0.354. The number of aryl methyl sites for hydroxylation is 1. The number of hydrogen-bond acceptors (Lipinski definition) is 5. The van der Waals surface area contributed by atoms with Crippen molar-refractivity contribution in [3.63, 3.8) is 0 Å². The van der Waals surface area contributed by atoms with Crippen molar-refractivity contribution in [3.8, 4) is 0 Å². The number of hydrogen-bond donors (Lipinski definition) is 1. The van der Waals surface area contributed by atoms with Crippen LogP contribution in [0, 0.1) is 6.92 Å². The monoisotopic (exact) mass is 281 g/mol. The summed E-state index contributed by atoms with van der Waals surface area (Å²) in [5, 5.41) is 3.91. The van der Waals surface area contributed by atoms with E-state index in [0.717, 1.165) is 49.1 Å². The van der Waals surface area contributed by atoms with Crippen molar-refractivity contribution in [2.75, 3.05) is 18.5 Å². The molecule has 0 spiro atoms. The zero-order valence-electron chi connectivity index (χ0n) is 12.0. The van der Waals surface area contributed by atoms with E-state index in [1.54, 1.807) is 0 Å². The highest BCUT2D eigenvalue weighted by Gasteiger charge is 2.24. The van der Waals surface area contributed by atoms with Crippen LogP contribution in [0.25, 0.3) is 0 Å². The van der Waals surface area contributed by atoms with Gasteiger partial charge in [-0.1, -0.05) is 6.92 Å². The van der Waals surface area contributed by atoms with Crippen LogP contribution in [0.2, 0.25) is 0 Å². The Labute approximate surface area is 119 Å². The van der Waals surface area contributed by atoms with E-state index in [0.29, 0.717) is 11.4 Å². The molecule has 4 nitrogen and oxygen atoms in total. The second-order valence-electron chi connectivity index (χ2n) is 4.95. The highest BCUT2D eigenvalue weighted by atomic mass is 32.2. The molecule has 2 atom stereocenters. The largest absolute Gasteiger partial charge is 0.377 e. The Balaban J connectivity index is 1.93. The van der Waals surface area contributed by atoms with Gasteiger partial charge in [-0.05, 0) is 26.7 Å². The number of ether oxygens (including phenoxy) is 1. The summed E-state index contributed by atoms with van der Waals surface area (Å²) in [6, 6.07) is 2.01. The SMILES string of the molecule is CCCNc1cc(C)nc(CSC2CCOC2C)n1. The fourth-order valence-electron chi connectivity index (χ4n) is 2.15. The van der Waals surface area contributed by atoms with Crippen LogP contribution < -0.4 is 5.32 Å². The highest BCUT2D eigenvalue weighted by Crippen LogP contribution is 2.28. The Hall–Kier alpha value is -0.810. The fraction of sp³-hybridized carbons (Fsp3) is 0.714. The Morgan fingerprint density at radius 3 is 3.00 bits per heavy atom. The molecule has 2 heterocycles. The summed E-state index contributed by atoms with van der Waals surface area (Å²) < 4.78 is 5.58. The van der Waals surface area contributed by atoms with Crippen molar-refractivity contribution in [2.45, 2.75) is 50.7 Å². The van der Waals surface area contributed by atoms with Gasteiger partial charge in [0, 0.05) is 30.2 Å². The van der Waals surface area contributed by atoms with E-state index in [4.69, 9.17) is 4.74 Å². The van der Waals surface area contributed by atoms with Crippen LogP contribution in [0.15, 0.2) is 6.07 Å². The molecule has 106 valence electrons. The molecule has 1 aromatic heterocycles. The number of nitrogens with one attached hydrogen (secondary N) is 1. The van der Waals surface area contributed by atoms with Gasteiger partial charge < -0.3 is 10.1 Å². The lowest BCUT2D eigenvalue weighted by molar-refractivity contribution is 0.127. The van der Waals surface area contributed by atoms with Crippen LogP contribution >= 0.6 is 11.8 Å². The number of thioether (sulfide) groups is 1. The Morgan fingerprint density at radius 2 is 2.32 bits per heavy atom. The molecule has 1 saturated heterocycles. The first-order chi connectivity index (χ1) is 9.19. The van der Waals surface area contributed by atoms with Crippen LogP contribution in [0.1, 0.15) is 38.2 Å². The molecule has 2 unspecified atom stereocenters. The summed E-state index contributed by atoms with van der Waals surface area (Å²) in [5.41, 5.74) is 1.03. The van der Waals surface area contributed by atoms with E-state index in [-0.39, 0.29) is 0 Å². The summed E-state index contributed by atoms with van der Waals surface area (Å²) >= 11 is 1.91. The number of anilines is 1. The lowest BCUT2D eigenvalue weighted by Crippen LogP contribution is -2.14. The van der Waals surface area contributed by atoms with Gasteiger partial charge in [0.15, 0.2) is 0 Å². The molecule has 1 aliphatic rings. The van der Waals surface area contributed by atoms with E-state index < -0.39 is 0 Å². The highest BCUT2D eigenvalue weighted by molar-refractivity contribution is 7.99. The van der Waals surface area contributed by atoms with Crippen molar-refractivity contribution < 1.29 is 4.74 Å². The predicted octanol–water partition coefficient (Wildman–Crippen LogP) is 3.02. The third-order valence-electron chi connectivity index (χ3n) is 3.19. The van der Waals surface area contributed by atoms with Gasteiger partial charge >= 0.3 is 0 Å². The Morgan fingerprint density at radius 1 is 1.47 bits per heavy atom. The Kier molecular flexibility index (Phi) is 5.45. The minimum Gasteiger partial charge on any atom is -0.377 e. The number of rotatable bonds is 6. The Bertz CT molecular complexity index is 414.